The number of nitrogens with two attached hydrogens (primary N) is 1. The molecule has 9 heterocycles. The number of halogens is 7. The zero-order valence-electron chi connectivity index (χ0n) is 43.7. The Morgan fingerprint density at radius 2 is 1.03 bits per heavy atom. The number of carbonyl (C=O) groups is 3. The number of amides is 2. The average molecular weight is 1460 g/mol. The Morgan fingerprint density at radius 1 is 0.692 bits per heavy atom. The molecule has 3 saturated heterocycles. The first kappa shape index (κ1) is 75.8. The van der Waals surface area contributed by atoms with Crippen molar-refractivity contribution < 1.29 is 206 Å². The fraction of sp³-hybridized carbons (Fsp3) is 0.429. The van der Waals surface area contributed by atoms with Crippen molar-refractivity contribution >= 4 is 117 Å². The maximum atomic E-state index is 12.2. The van der Waals surface area contributed by atoms with Gasteiger partial charge in [0.25, 0.3) is 6.47 Å². The van der Waals surface area contributed by atoms with Gasteiger partial charge in [0, 0.05) is 109 Å². The second-order valence-corrected chi connectivity index (χ2v) is 19.5. The minimum absolute atomic E-state index is 0. The summed E-state index contributed by atoms with van der Waals surface area (Å²) in [6.07, 6.45) is 7.41. The van der Waals surface area contributed by atoms with Gasteiger partial charge in [0.05, 0.1) is 0 Å². The third kappa shape index (κ3) is 24.7. The summed E-state index contributed by atoms with van der Waals surface area (Å²) in [6, 6.07) is 1.48. The molecule has 0 bridgehead atoms. The Hall–Kier alpha value is -2.19. The predicted octanol–water partition coefficient (Wildman–Crippen LogP) is -1.56. The van der Waals surface area contributed by atoms with Crippen LogP contribution in [-0.2, 0) is 19.3 Å². The van der Waals surface area contributed by atoms with Crippen molar-refractivity contribution in [3.63, 3.8) is 0 Å². The van der Waals surface area contributed by atoms with E-state index in [9.17, 15) is 35.9 Å². The van der Waals surface area contributed by atoms with E-state index in [1.54, 1.807) is 35.4 Å². The third-order valence-electron chi connectivity index (χ3n) is 10.4. The molecule has 0 spiro atoms. The Bertz CT molecular complexity index is 2690. The Morgan fingerprint density at radius 3 is 1.32 bits per heavy atom. The molecule has 0 aliphatic carbocycles. The van der Waals surface area contributed by atoms with Gasteiger partial charge in [-0.3, -0.25) is 14.4 Å². The number of nitrogens with zero attached hydrogens (tertiary/aromatic N) is 12. The molecule has 6 aromatic heterocycles. The summed E-state index contributed by atoms with van der Waals surface area (Å²) in [6.45, 7) is 9.36. The molecule has 36 heteroatoms. The molecule has 3 aliphatic rings. The molecule has 3 atom stereocenters. The van der Waals surface area contributed by atoms with Crippen molar-refractivity contribution in [1.29, 1.82) is 0 Å². The quantitative estimate of drug-likeness (QED) is 0.0440. The summed E-state index contributed by atoms with van der Waals surface area (Å²) in [7, 11) is 6.52. The molecule has 6 aromatic rings. The van der Waals surface area contributed by atoms with Gasteiger partial charge in [0.15, 0.2) is 3.92 Å². The number of aromatic nitrogens is 9. The first-order valence-electron chi connectivity index (χ1n) is 21.9. The number of aliphatic hydroxyl groups is 1. The number of nitrogens with one attached hydrogen (secondary N) is 2. The van der Waals surface area contributed by atoms with Crippen LogP contribution in [-0.4, -0.2) is 144 Å². The summed E-state index contributed by atoms with van der Waals surface area (Å²) in [5, 5.41) is 24.5. The van der Waals surface area contributed by atoms with Crippen molar-refractivity contribution in [2.75, 3.05) is 57.8 Å². The van der Waals surface area contributed by atoms with Crippen LogP contribution in [0.25, 0.3) is 21.1 Å². The summed E-state index contributed by atoms with van der Waals surface area (Å²) < 4.78 is 72.2. The van der Waals surface area contributed by atoms with Gasteiger partial charge >= 0.3 is 162 Å². The minimum atomic E-state index is -4.94. The van der Waals surface area contributed by atoms with Crippen LogP contribution in [0.5, 0.6) is 0 Å². The van der Waals surface area contributed by atoms with Gasteiger partial charge in [0.1, 0.15) is 35.3 Å². The fourth-order valence-electron chi connectivity index (χ4n) is 6.90. The molecule has 2 radical (unpaired) electrons. The van der Waals surface area contributed by atoms with E-state index in [0.717, 1.165) is 84.7 Å². The summed E-state index contributed by atoms with van der Waals surface area (Å²) in [5.41, 5.74) is 7.74. The summed E-state index contributed by atoms with van der Waals surface area (Å²) in [4.78, 5) is 76.8. The van der Waals surface area contributed by atoms with E-state index >= 15 is 0 Å². The number of aliphatic hydroxyl groups excluding tert-OH is 1. The number of carbonyl (C=O) groups excluding carboxylic acids is 3. The van der Waals surface area contributed by atoms with Crippen LogP contribution in [0.15, 0.2) is 57.2 Å². The van der Waals surface area contributed by atoms with E-state index in [2.05, 4.69) is 101 Å². The Kier molecular flexibility index (Phi) is 36.8. The number of rotatable bonds is 8. The normalized spacial score (nSPS) is 16.0. The van der Waals surface area contributed by atoms with Gasteiger partial charge in [-0.2, -0.15) is 26.3 Å². The fourth-order valence-corrected chi connectivity index (χ4v) is 9.25. The van der Waals surface area contributed by atoms with Gasteiger partial charge in [-0.1, -0.05) is 5.46 Å². The van der Waals surface area contributed by atoms with Crippen LogP contribution in [0.4, 0.5) is 61.6 Å². The van der Waals surface area contributed by atoms with E-state index in [1.165, 1.54) is 47.8 Å². The topological polar surface area (TPSA) is 343 Å². The first-order valence-corrected chi connectivity index (χ1v) is 25.3. The minimum Gasteiger partial charge on any atom is -1.00 e. The van der Waals surface area contributed by atoms with E-state index < -0.39 is 24.2 Å². The van der Waals surface area contributed by atoms with Gasteiger partial charge in [-0.15, -0.1) is 34.0 Å². The Balaban J connectivity index is 0. The number of thiazole rings is 3. The van der Waals surface area contributed by atoms with Crippen molar-refractivity contribution in [3.8, 4) is 21.1 Å². The van der Waals surface area contributed by atoms with Gasteiger partial charge in [-0.05, 0) is 75.2 Å². The second-order valence-electron chi connectivity index (χ2n) is 15.6. The molecule has 3 fully saturated rings. The molecule has 3 aliphatic heterocycles. The number of hydrogen-bond acceptors (Lipinski definition) is 22. The molecule has 0 saturated carbocycles. The predicted molar refractivity (Wildman–Crippen MR) is 279 cm³/mol. The zero-order chi connectivity index (χ0) is 54.6. The van der Waals surface area contributed by atoms with E-state index in [4.69, 9.17) is 28.7 Å². The van der Waals surface area contributed by atoms with E-state index in [1.807, 2.05) is 17.8 Å². The molecule has 9 rings (SSSR count). The third-order valence-corrected chi connectivity index (χ3v) is 13.6. The van der Waals surface area contributed by atoms with Crippen LogP contribution in [0.1, 0.15) is 60.7 Å². The van der Waals surface area contributed by atoms with Gasteiger partial charge in [-0.25, -0.2) is 44.9 Å². The maximum absolute atomic E-state index is 12.2. The molecule has 416 valence electrons. The average Bonchev–Trinajstić information content (AvgIpc) is 4.27. The summed E-state index contributed by atoms with van der Waals surface area (Å²) in [5.74, 6) is -1.53. The monoisotopic (exact) mass is 1460 g/mol. The zero-order valence-corrected chi connectivity index (χ0v) is 59.3. The van der Waals surface area contributed by atoms with Crippen molar-refractivity contribution in [2.45, 2.75) is 89.8 Å². The maximum Gasteiger partial charge on any atom is 1.00 e. The first-order chi connectivity index (χ1) is 35.2. The SMILES string of the molecule is CO.C[C@@H]1CCCN1c1ncc(-c2nc(N)cs2)cn1.C[C@@H]1CCCN1c1ncc(-c2nc(NC(=O)C(F)(F)F)cs2)cn1.O.O.O=C(Nc1csc(Br)n1)C(F)(F)F.O=CO[O-].[B]c1cnc(N2CCC[C@H]2C)nc1.[Cs+].[Cs+].[H-]. The summed E-state index contributed by atoms with van der Waals surface area (Å²) >= 11 is 6.65. The number of alkyl halides is 6. The molecule has 78 heavy (non-hydrogen) atoms. The van der Waals surface area contributed by atoms with Crippen LogP contribution in [0, 0.1) is 0 Å². The largest absolute Gasteiger partial charge is 1.00 e. The second kappa shape index (κ2) is 37.8. The molecule has 2 amide bonds. The van der Waals surface area contributed by atoms with Crippen LogP contribution in [0.3, 0.4) is 0 Å². The number of hydrogen-bond donors (Lipinski definition) is 4. The number of nitrogen functional groups attached to an aromatic ring is 1. The van der Waals surface area contributed by atoms with Crippen LogP contribution >= 0.6 is 49.9 Å². The molecule has 23 nitrogen and oxygen atoms in total. The van der Waals surface area contributed by atoms with Crippen LogP contribution < -0.4 is 180 Å². The standard InChI is InChI=1S/C14H14F3N5OS.C12H15N5S.C9H12BN3.C5H2BrF3N2OS.CH2O3.CH4O.2Cs.2H2O.H/c1-8-3-2-4-22(8)13-18-5-9(6-19-13)11-20-10(7-24-11)21-12(23)14(15,16)17;1-8-3-2-4-17(8)12-14-5-9(6-15-12)11-16-10(13)7-18-11;1-7-3-2-4-13(7)9-11-5-8(10)6-12-9;6-4-11-2(1-13-4)10-3(12)5(7,8)9;2-1-4-3;1-2;;;;;/h5-8H,2-4H2,1H3,(H,21,23);5-8H,2-4,13H2,1H3;5-7H,2-4H2,1H3;1H,(H,10,12);1,3H;2H,1H3;;;2*1H2;/q;;;;;;2*+1;;;-1/p-1/t2*8-;7-;;;;;;;;/m111......../s1. The molecular weight excluding hydrogens is 1410 g/mol. The molecule has 0 unspecified atom stereocenters. The van der Waals surface area contributed by atoms with E-state index in [0.29, 0.717) is 49.8 Å². The van der Waals surface area contributed by atoms with Gasteiger partial charge in [0.2, 0.25) is 17.8 Å². The van der Waals surface area contributed by atoms with Crippen LogP contribution in [0.2, 0.25) is 0 Å². The molecular formula is C42H53BBrCs2F6N15O8S3. The van der Waals surface area contributed by atoms with Crippen molar-refractivity contribution in [1.82, 2.24) is 44.9 Å². The van der Waals surface area contributed by atoms with Gasteiger partial charge < -0.3 is 58.7 Å². The molecule has 9 N–H and O–H groups in total. The van der Waals surface area contributed by atoms with Crippen molar-refractivity contribution in [3.05, 3.63) is 57.2 Å². The van der Waals surface area contributed by atoms with E-state index in [-0.39, 0.29) is 168 Å². The number of anilines is 6. The van der Waals surface area contributed by atoms with Crippen molar-refractivity contribution in [2.24, 2.45) is 0 Å². The Labute approximate surface area is 584 Å². The molecule has 0 aromatic carbocycles. The smallest absolute Gasteiger partial charge is 1.00 e.